The number of aromatic nitrogens is 2. The van der Waals surface area contributed by atoms with Crippen molar-refractivity contribution in [3.63, 3.8) is 0 Å². The van der Waals surface area contributed by atoms with Crippen LogP contribution in [0.25, 0.3) is 0 Å². The topological polar surface area (TPSA) is 55.1 Å². The Morgan fingerprint density at radius 2 is 2.55 bits per heavy atom. The predicted molar refractivity (Wildman–Crippen MR) is 39.2 cm³/mol. The molecule has 0 aliphatic carbocycles. The molecule has 0 aliphatic rings. The summed E-state index contributed by atoms with van der Waals surface area (Å²) in [6, 6.07) is -0.0185. The van der Waals surface area contributed by atoms with E-state index in [1.54, 1.807) is 23.3 Å². The lowest BCUT2D eigenvalue weighted by atomic mass is 10.2. The van der Waals surface area contributed by atoms with Gasteiger partial charge in [0.05, 0.1) is 12.7 Å². The monoisotopic (exact) mass is 154 g/mol. The molecule has 0 radical (unpaired) electrons. The molecule has 0 saturated heterocycles. The largest absolute Gasteiger partial charge is 0.481 e. The van der Waals surface area contributed by atoms with E-state index in [4.69, 9.17) is 5.11 Å². The summed E-state index contributed by atoms with van der Waals surface area (Å²) in [5.74, 6) is -0.786. The molecular formula is C7H10N2O2. The van der Waals surface area contributed by atoms with Crippen molar-refractivity contribution in [2.45, 2.75) is 19.4 Å². The van der Waals surface area contributed by atoms with Crippen molar-refractivity contribution < 1.29 is 9.90 Å². The Kier molecular flexibility index (Phi) is 2.25. The van der Waals surface area contributed by atoms with E-state index >= 15 is 0 Å². The number of nitrogens with zero attached hydrogens (tertiary/aromatic N) is 2. The van der Waals surface area contributed by atoms with Crippen molar-refractivity contribution in [2.24, 2.45) is 0 Å². The molecule has 1 N–H and O–H groups in total. The molecule has 60 valence electrons. The number of carboxylic acids is 1. The van der Waals surface area contributed by atoms with Gasteiger partial charge in [0.1, 0.15) is 0 Å². The minimum Gasteiger partial charge on any atom is -0.481 e. The second-order valence-electron chi connectivity index (χ2n) is 2.46. The Morgan fingerprint density at radius 1 is 1.82 bits per heavy atom. The third kappa shape index (κ3) is 2.07. The van der Waals surface area contributed by atoms with Gasteiger partial charge in [0.25, 0.3) is 0 Å². The van der Waals surface area contributed by atoms with Crippen LogP contribution in [0.15, 0.2) is 18.7 Å². The van der Waals surface area contributed by atoms with Crippen LogP contribution in [0.3, 0.4) is 0 Å². The van der Waals surface area contributed by atoms with Crippen LogP contribution in [-0.2, 0) is 4.79 Å². The molecule has 1 heterocycles. The van der Waals surface area contributed by atoms with Gasteiger partial charge in [0, 0.05) is 18.4 Å². The van der Waals surface area contributed by atoms with E-state index in [-0.39, 0.29) is 12.5 Å². The van der Waals surface area contributed by atoms with Crippen molar-refractivity contribution in [2.75, 3.05) is 0 Å². The lowest BCUT2D eigenvalue weighted by molar-refractivity contribution is -0.137. The molecule has 4 heteroatoms. The average Bonchev–Trinajstić information content (AvgIpc) is 2.35. The maximum atomic E-state index is 10.3. The third-order valence-electron chi connectivity index (χ3n) is 1.50. The molecule has 0 aromatic carbocycles. The molecule has 1 aromatic rings. The number of rotatable bonds is 3. The van der Waals surface area contributed by atoms with E-state index < -0.39 is 5.97 Å². The fourth-order valence-electron chi connectivity index (χ4n) is 0.888. The fourth-order valence-corrected chi connectivity index (χ4v) is 0.888. The Morgan fingerprint density at radius 3 is 3.00 bits per heavy atom. The van der Waals surface area contributed by atoms with Crippen molar-refractivity contribution in [3.05, 3.63) is 18.7 Å². The first kappa shape index (κ1) is 7.78. The summed E-state index contributed by atoms with van der Waals surface area (Å²) in [4.78, 5) is 14.1. The molecular weight excluding hydrogens is 144 g/mol. The van der Waals surface area contributed by atoms with Crippen molar-refractivity contribution in [3.8, 4) is 0 Å². The molecule has 1 rings (SSSR count). The smallest absolute Gasteiger partial charge is 0.305 e. The summed E-state index contributed by atoms with van der Waals surface area (Å²) in [6.45, 7) is 1.84. The van der Waals surface area contributed by atoms with E-state index in [9.17, 15) is 4.79 Å². The number of hydrogen-bond acceptors (Lipinski definition) is 2. The number of carboxylic acid groups (broad SMARTS) is 1. The zero-order valence-electron chi connectivity index (χ0n) is 6.27. The summed E-state index contributed by atoms with van der Waals surface area (Å²) >= 11 is 0. The quantitative estimate of drug-likeness (QED) is 0.704. The fraction of sp³-hybridized carbons (Fsp3) is 0.429. The normalized spacial score (nSPS) is 12.8. The van der Waals surface area contributed by atoms with E-state index in [1.807, 2.05) is 6.92 Å². The van der Waals surface area contributed by atoms with E-state index in [1.165, 1.54) is 0 Å². The summed E-state index contributed by atoms with van der Waals surface area (Å²) in [5, 5.41) is 8.45. The minimum atomic E-state index is -0.786. The first-order valence-electron chi connectivity index (χ1n) is 3.39. The molecule has 0 bridgehead atoms. The summed E-state index contributed by atoms with van der Waals surface area (Å²) in [7, 11) is 0. The highest BCUT2D eigenvalue weighted by molar-refractivity contribution is 5.67. The van der Waals surface area contributed by atoms with Gasteiger partial charge in [-0.25, -0.2) is 4.98 Å². The first-order chi connectivity index (χ1) is 5.20. The maximum absolute atomic E-state index is 10.3. The molecule has 0 amide bonds. The molecule has 0 saturated carbocycles. The van der Waals surface area contributed by atoms with Crippen LogP contribution in [0, 0.1) is 0 Å². The lowest BCUT2D eigenvalue weighted by Gasteiger charge is -2.08. The third-order valence-corrected chi connectivity index (χ3v) is 1.50. The Hall–Kier alpha value is -1.32. The maximum Gasteiger partial charge on any atom is 0.305 e. The van der Waals surface area contributed by atoms with Crippen LogP contribution < -0.4 is 0 Å². The summed E-state index contributed by atoms with van der Waals surface area (Å²) < 4.78 is 1.77. The van der Waals surface area contributed by atoms with Gasteiger partial charge in [0.15, 0.2) is 0 Å². The number of imidazole rings is 1. The van der Waals surface area contributed by atoms with Gasteiger partial charge in [-0.15, -0.1) is 0 Å². The molecule has 0 aliphatic heterocycles. The van der Waals surface area contributed by atoms with Gasteiger partial charge in [-0.2, -0.15) is 0 Å². The van der Waals surface area contributed by atoms with Gasteiger partial charge in [0.2, 0.25) is 0 Å². The zero-order valence-corrected chi connectivity index (χ0v) is 6.27. The number of hydrogen-bond donors (Lipinski definition) is 1. The molecule has 1 aromatic heterocycles. The van der Waals surface area contributed by atoms with Gasteiger partial charge >= 0.3 is 5.97 Å². The van der Waals surface area contributed by atoms with E-state index in [0.717, 1.165) is 0 Å². The molecule has 4 nitrogen and oxygen atoms in total. The molecule has 11 heavy (non-hydrogen) atoms. The molecule has 0 fully saturated rings. The highest BCUT2D eigenvalue weighted by Crippen LogP contribution is 2.08. The average molecular weight is 154 g/mol. The van der Waals surface area contributed by atoms with Gasteiger partial charge in [-0.1, -0.05) is 0 Å². The number of carbonyl (C=O) groups is 1. The summed E-state index contributed by atoms with van der Waals surface area (Å²) in [5.41, 5.74) is 0. The number of aliphatic carboxylic acids is 1. The van der Waals surface area contributed by atoms with Crippen LogP contribution in [0.1, 0.15) is 19.4 Å². The van der Waals surface area contributed by atoms with Crippen LogP contribution >= 0.6 is 0 Å². The Bertz CT molecular complexity index is 231. The predicted octanol–water partition coefficient (Wildman–Crippen LogP) is 0.919. The van der Waals surface area contributed by atoms with Gasteiger partial charge < -0.3 is 9.67 Å². The van der Waals surface area contributed by atoms with E-state index in [0.29, 0.717) is 0 Å². The van der Waals surface area contributed by atoms with Crippen LogP contribution in [0.5, 0.6) is 0 Å². The van der Waals surface area contributed by atoms with Gasteiger partial charge in [-0.05, 0) is 6.92 Å². The molecule has 0 spiro atoms. The second kappa shape index (κ2) is 3.18. The van der Waals surface area contributed by atoms with Crippen molar-refractivity contribution in [1.29, 1.82) is 0 Å². The first-order valence-corrected chi connectivity index (χ1v) is 3.39. The molecule has 1 unspecified atom stereocenters. The SMILES string of the molecule is CC(CC(=O)O)n1ccnc1. The van der Waals surface area contributed by atoms with Crippen LogP contribution in [-0.4, -0.2) is 20.6 Å². The lowest BCUT2D eigenvalue weighted by Crippen LogP contribution is -2.08. The minimum absolute atomic E-state index is 0.0185. The zero-order chi connectivity index (χ0) is 8.27. The summed E-state index contributed by atoms with van der Waals surface area (Å²) in [6.07, 6.45) is 5.15. The highest BCUT2D eigenvalue weighted by Gasteiger charge is 2.07. The van der Waals surface area contributed by atoms with Crippen LogP contribution in [0.4, 0.5) is 0 Å². The van der Waals surface area contributed by atoms with Crippen LogP contribution in [0.2, 0.25) is 0 Å². The van der Waals surface area contributed by atoms with Crippen molar-refractivity contribution in [1.82, 2.24) is 9.55 Å². The Balaban J connectivity index is 2.56. The van der Waals surface area contributed by atoms with Gasteiger partial charge in [-0.3, -0.25) is 4.79 Å². The highest BCUT2D eigenvalue weighted by atomic mass is 16.4. The second-order valence-corrected chi connectivity index (χ2v) is 2.46. The van der Waals surface area contributed by atoms with E-state index in [2.05, 4.69) is 4.98 Å². The Labute approximate surface area is 64.5 Å². The standard InChI is InChI=1S/C7H10N2O2/c1-6(4-7(10)11)9-3-2-8-5-9/h2-3,5-6H,4H2,1H3,(H,10,11). The van der Waals surface area contributed by atoms with Crippen molar-refractivity contribution >= 4 is 5.97 Å². The molecule has 1 atom stereocenters.